The van der Waals surface area contributed by atoms with E-state index < -0.39 is 0 Å². The van der Waals surface area contributed by atoms with Crippen LogP contribution >= 0.6 is 0 Å². The van der Waals surface area contributed by atoms with Crippen LogP contribution in [0.1, 0.15) is 25.2 Å². The Kier molecular flexibility index (Phi) is 3.12. The van der Waals surface area contributed by atoms with Crippen LogP contribution in [-0.4, -0.2) is 40.3 Å². The fourth-order valence-electron chi connectivity index (χ4n) is 1.95. The van der Waals surface area contributed by atoms with Gasteiger partial charge in [-0.2, -0.15) is 0 Å². The predicted octanol–water partition coefficient (Wildman–Crippen LogP) is 0.0652. The van der Waals surface area contributed by atoms with Gasteiger partial charge in [0.2, 0.25) is 11.8 Å². The van der Waals surface area contributed by atoms with E-state index in [1.54, 1.807) is 24.3 Å². The van der Waals surface area contributed by atoms with Gasteiger partial charge in [0.25, 0.3) is 0 Å². The quantitative estimate of drug-likeness (QED) is 0.779. The van der Waals surface area contributed by atoms with E-state index in [0.717, 1.165) is 5.82 Å². The van der Waals surface area contributed by atoms with Crippen LogP contribution in [-0.2, 0) is 9.59 Å². The highest BCUT2D eigenvalue weighted by molar-refractivity contribution is 5.89. The van der Waals surface area contributed by atoms with Gasteiger partial charge in [0.15, 0.2) is 0 Å². The first-order valence-corrected chi connectivity index (χ1v) is 5.61. The molecule has 6 heteroatoms. The first-order chi connectivity index (χ1) is 8.08. The normalized spacial score (nSPS) is 21.6. The molecule has 1 aromatic heterocycles. The van der Waals surface area contributed by atoms with E-state index in [0.29, 0.717) is 13.0 Å². The van der Waals surface area contributed by atoms with Gasteiger partial charge >= 0.3 is 0 Å². The number of hydrogen-bond donors (Lipinski definition) is 2. The minimum atomic E-state index is -0.245. The number of hydrogen-bond acceptors (Lipinski definition) is 3. The molecular weight excluding hydrogens is 220 g/mol. The van der Waals surface area contributed by atoms with Crippen molar-refractivity contribution >= 4 is 11.8 Å². The molecule has 1 aliphatic heterocycles. The molecule has 0 spiro atoms. The maximum absolute atomic E-state index is 11.9. The average molecular weight is 236 g/mol. The van der Waals surface area contributed by atoms with Gasteiger partial charge in [0, 0.05) is 32.4 Å². The van der Waals surface area contributed by atoms with E-state index in [1.165, 1.54) is 0 Å². The van der Waals surface area contributed by atoms with Crippen molar-refractivity contribution in [2.24, 2.45) is 5.92 Å². The topological polar surface area (TPSA) is 78.1 Å². The number of H-pyrrole nitrogens is 1. The Morgan fingerprint density at radius 2 is 2.47 bits per heavy atom. The van der Waals surface area contributed by atoms with E-state index in [2.05, 4.69) is 15.3 Å². The summed E-state index contributed by atoms with van der Waals surface area (Å²) >= 11 is 0. The molecule has 2 unspecified atom stereocenters. The molecule has 1 fully saturated rings. The molecule has 2 N–H and O–H groups in total. The fraction of sp³-hybridized carbons (Fsp3) is 0.545. The summed E-state index contributed by atoms with van der Waals surface area (Å²) in [7, 11) is 1.71. The van der Waals surface area contributed by atoms with Gasteiger partial charge in [-0.1, -0.05) is 0 Å². The highest BCUT2D eigenvalue weighted by atomic mass is 16.2. The number of aromatic amines is 1. The first kappa shape index (κ1) is 11.6. The summed E-state index contributed by atoms with van der Waals surface area (Å²) in [4.78, 5) is 31.9. The summed E-state index contributed by atoms with van der Waals surface area (Å²) in [5, 5.41) is 2.85. The van der Waals surface area contributed by atoms with Gasteiger partial charge in [-0.15, -0.1) is 0 Å². The molecular formula is C11H16N4O2. The zero-order valence-electron chi connectivity index (χ0n) is 9.93. The molecule has 0 aromatic carbocycles. The number of carbonyl (C=O) groups excluding carboxylic acids is 2. The lowest BCUT2D eigenvalue weighted by Crippen LogP contribution is -2.34. The smallest absolute Gasteiger partial charge is 0.226 e. The Morgan fingerprint density at radius 3 is 3.00 bits per heavy atom. The number of nitrogens with zero attached hydrogens (tertiary/aromatic N) is 2. The second-order valence-electron chi connectivity index (χ2n) is 4.38. The molecule has 0 aliphatic carbocycles. The van der Waals surface area contributed by atoms with E-state index in [-0.39, 0.29) is 23.8 Å². The molecule has 2 amide bonds. The second-order valence-corrected chi connectivity index (χ2v) is 4.38. The van der Waals surface area contributed by atoms with Gasteiger partial charge in [-0.25, -0.2) is 4.98 Å². The predicted molar refractivity (Wildman–Crippen MR) is 60.9 cm³/mol. The minimum absolute atomic E-state index is 0.0239. The Bertz CT molecular complexity index is 415. The highest BCUT2D eigenvalue weighted by Crippen LogP contribution is 2.17. The fourth-order valence-corrected chi connectivity index (χ4v) is 1.95. The summed E-state index contributed by atoms with van der Waals surface area (Å²) < 4.78 is 0. The summed E-state index contributed by atoms with van der Waals surface area (Å²) in [6.07, 6.45) is 3.66. The summed E-state index contributed by atoms with van der Waals surface area (Å²) in [6, 6.07) is -0.168. The lowest BCUT2D eigenvalue weighted by atomic mass is 10.1. The maximum Gasteiger partial charge on any atom is 0.226 e. The Morgan fingerprint density at radius 1 is 1.71 bits per heavy atom. The molecule has 0 saturated carbocycles. The third kappa shape index (κ3) is 2.46. The van der Waals surface area contributed by atoms with Crippen molar-refractivity contribution in [1.29, 1.82) is 0 Å². The molecule has 0 radical (unpaired) electrons. The van der Waals surface area contributed by atoms with Crippen molar-refractivity contribution < 1.29 is 9.59 Å². The number of aromatic nitrogens is 2. The molecule has 17 heavy (non-hydrogen) atoms. The molecule has 92 valence electrons. The van der Waals surface area contributed by atoms with Crippen molar-refractivity contribution in [3.63, 3.8) is 0 Å². The van der Waals surface area contributed by atoms with E-state index in [9.17, 15) is 9.59 Å². The third-order valence-electron chi connectivity index (χ3n) is 3.00. The molecule has 1 aliphatic rings. The number of nitrogens with one attached hydrogen (secondary N) is 2. The molecule has 2 heterocycles. The van der Waals surface area contributed by atoms with Crippen LogP contribution < -0.4 is 5.32 Å². The van der Waals surface area contributed by atoms with Crippen LogP contribution in [0, 0.1) is 5.92 Å². The van der Waals surface area contributed by atoms with Gasteiger partial charge in [0.1, 0.15) is 5.82 Å². The molecule has 1 aromatic rings. The zero-order chi connectivity index (χ0) is 12.4. The number of amides is 2. The molecule has 6 nitrogen and oxygen atoms in total. The Hall–Kier alpha value is -1.85. The van der Waals surface area contributed by atoms with Crippen molar-refractivity contribution in [1.82, 2.24) is 20.2 Å². The highest BCUT2D eigenvalue weighted by Gasteiger charge is 2.32. The monoisotopic (exact) mass is 236 g/mol. The van der Waals surface area contributed by atoms with Gasteiger partial charge in [0.05, 0.1) is 12.0 Å². The van der Waals surface area contributed by atoms with Crippen LogP contribution in [0.15, 0.2) is 12.4 Å². The van der Waals surface area contributed by atoms with Crippen molar-refractivity contribution in [2.45, 2.75) is 19.4 Å². The van der Waals surface area contributed by atoms with Crippen LogP contribution in [0.3, 0.4) is 0 Å². The molecule has 1 saturated heterocycles. The Labute approximate surface area is 99.4 Å². The first-order valence-electron chi connectivity index (χ1n) is 5.61. The minimum Gasteiger partial charge on any atom is -0.347 e. The van der Waals surface area contributed by atoms with Crippen LogP contribution in [0.2, 0.25) is 0 Å². The van der Waals surface area contributed by atoms with Crippen molar-refractivity contribution in [2.75, 3.05) is 13.6 Å². The van der Waals surface area contributed by atoms with Crippen LogP contribution in [0.5, 0.6) is 0 Å². The standard InChI is InChI=1S/C11H16N4O2/c1-7(10-12-3-4-13-10)14-11(17)8-5-9(16)15(2)6-8/h3-4,7-8H,5-6H2,1-2H3,(H,12,13)(H,14,17). The van der Waals surface area contributed by atoms with E-state index in [1.807, 2.05) is 6.92 Å². The van der Waals surface area contributed by atoms with Gasteiger partial charge in [-0.3, -0.25) is 9.59 Å². The molecule has 2 atom stereocenters. The summed E-state index contributed by atoms with van der Waals surface area (Å²) in [5.41, 5.74) is 0. The lowest BCUT2D eigenvalue weighted by molar-refractivity contribution is -0.128. The SMILES string of the molecule is CC(NC(=O)C1CC(=O)N(C)C1)c1ncc[nH]1. The van der Waals surface area contributed by atoms with Crippen LogP contribution in [0.4, 0.5) is 0 Å². The largest absolute Gasteiger partial charge is 0.347 e. The van der Waals surface area contributed by atoms with Gasteiger partial charge in [-0.05, 0) is 6.92 Å². The molecule has 2 rings (SSSR count). The number of imidazole rings is 1. The Balaban J connectivity index is 1.92. The van der Waals surface area contributed by atoms with Crippen molar-refractivity contribution in [3.05, 3.63) is 18.2 Å². The van der Waals surface area contributed by atoms with Gasteiger partial charge < -0.3 is 15.2 Å². The average Bonchev–Trinajstić information content (AvgIpc) is 2.89. The van der Waals surface area contributed by atoms with Crippen molar-refractivity contribution in [3.8, 4) is 0 Å². The summed E-state index contributed by atoms with van der Waals surface area (Å²) in [6.45, 7) is 2.35. The van der Waals surface area contributed by atoms with E-state index in [4.69, 9.17) is 0 Å². The number of carbonyl (C=O) groups is 2. The summed E-state index contributed by atoms with van der Waals surface area (Å²) in [5.74, 6) is 0.406. The lowest BCUT2D eigenvalue weighted by Gasteiger charge is -2.15. The second kappa shape index (κ2) is 4.57. The molecule has 0 bridgehead atoms. The third-order valence-corrected chi connectivity index (χ3v) is 3.00. The zero-order valence-corrected chi connectivity index (χ0v) is 9.93. The van der Waals surface area contributed by atoms with E-state index >= 15 is 0 Å². The maximum atomic E-state index is 11.9. The van der Waals surface area contributed by atoms with Crippen LogP contribution in [0.25, 0.3) is 0 Å². The number of rotatable bonds is 3. The number of likely N-dealkylation sites (tertiary alicyclic amines) is 1.